The quantitative estimate of drug-likeness (QED) is 0.379. The van der Waals surface area contributed by atoms with Crippen LogP contribution in [0.3, 0.4) is 0 Å². The van der Waals surface area contributed by atoms with Crippen molar-refractivity contribution in [2.75, 3.05) is 35.5 Å². The second kappa shape index (κ2) is 9.56. The maximum absolute atomic E-state index is 6.22. The summed E-state index contributed by atoms with van der Waals surface area (Å²) in [6.07, 6.45) is 0. The van der Waals surface area contributed by atoms with Gasteiger partial charge in [0, 0.05) is 23.1 Å². The molecular weight excluding hydrogens is 422 g/mol. The maximum atomic E-state index is 6.22. The summed E-state index contributed by atoms with van der Waals surface area (Å²) in [5, 5.41) is 1.62. The molecule has 7 nitrogen and oxygen atoms in total. The molecule has 0 aliphatic heterocycles. The average molecular weight is 447 g/mol. The first-order valence-electron chi connectivity index (χ1n) is 10.2. The van der Waals surface area contributed by atoms with E-state index >= 15 is 0 Å². The number of methoxy groups -OCH3 is 5. The van der Waals surface area contributed by atoms with E-state index in [-0.39, 0.29) is 0 Å². The number of hydrogen-bond donors (Lipinski definition) is 0. The highest BCUT2D eigenvalue weighted by Gasteiger charge is 2.16. The maximum Gasteiger partial charge on any atom is 0.203 e. The Labute approximate surface area is 191 Å². The van der Waals surface area contributed by atoms with Gasteiger partial charge in [-0.1, -0.05) is 12.1 Å². The molecule has 0 fully saturated rings. The lowest BCUT2D eigenvalue weighted by atomic mass is 10.1. The van der Waals surface area contributed by atoms with Gasteiger partial charge in [0.15, 0.2) is 23.0 Å². The Bertz CT molecular complexity index is 1330. The van der Waals surface area contributed by atoms with E-state index in [1.807, 2.05) is 60.7 Å². The van der Waals surface area contributed by atoms with Crippen molar-refractivity contribution in [1.82, 2.24) is 0 Å². The van der Waals surface area contributed by atoms with E-state index in [0.717, 1.165) is 22.0 Å². The van der Waals surface area contributed by atoms with Gasteiger partial charge < -0.3 is 28.1 Å². The summed E-state index contributed by atoms with van der Waals surface area (Å²) in [4.78, 5) is 4.88. The van der Waals surface area contributed by atoms with Crippen LogP contribution < -0.4 is 29.0 Å². The van der Waals surface area contributed by atoms with Crippen molar-refractivity contribution in [2.45, 2.75) is 0 Å². The third-order valence-electron chi connectivity index (χ3n) is 5.22. The monoisotopic (exact) mass is 447 g/mol. The summed E-state index contributed by atoms with van der Waals surface area (Å²) in [7, 11) is 7.93. The molecule has 7 heteroatoms. The van der Waals surface area contributed by atoms with Crippen molar-refractivity contribution >= 4 is 16.7 Å². The average Bonchev–Trinajstić information content (AvgIpc) is 2.87. The number of benzene rings is 3. The fourth-order valence-electron chi connectivity index (χ4n) is 3.61. The van der Waals surface area contributed by atoms with Gasteiger partial charge in [0.25, 0.3) is 0 Å². The van der Waals surface area contributed by atoms with Crippen LogP contribution in [0.1, 0.15) is 0 Å². The van der Waals surface area contributed by atoms with Gasteiger partial charge in [-0.15, -0.1) is 0 Å². The topological polar surface area (TPSA) is 71.7 Å². The van der Waals surface area contributed by atoms with Gasteiger partial charge in [-0.3, -0.25) is 0 Å². The molecule has 0 N–H and O–H groups in total. The Kier molecular flexibility index (Phi) is 6.40. The van der Waals surface area contributed by atoms with E-state index in [2.05, 4.69) is 0 Å². The number of hydrogen-bond acceptors (Lipinski definition) is 7. The third-order valence-corrected chi connectivity index (χ3v) is 5.22. The molecule has 0 radical (unpaired) electrons. The molecule has 1 aromatic heterocycles. The molecule has 0 bridgehead atoms. The fourth-order valence-corrected chi connectivity index (χ4v) is 3.61. The van der Waals surface area contributed by atoms with Crippen LogP contribution in [0.2, 0.25) is 0 Å². The zero-order valence-electron chi connectivity index (χ0n) is 19.2. The molecular formula is C26H25NO6. The molecule has 0 amide bonds. The molecule has 0 unspecified atom stereocenters. The Hall–Kier alpha value is -4.13. The standard InChI is InChI=1S/C26H25NO6/c1-28-21-11-10-17(14-23(21)29-2)27-19-15-22(33-20-9-7-6-8-18(19)20)16-12-24(30-3)26(32-5)25(13-16)31-4/h6-15H,1-5H3. The lowest BCUT2D eigenvalue weighted by Crippen LogP contribution is -2.03. The first-order chi connectivity index (χ1) is 16.1. The summed E-state index contributed by atoms with van der Waals surface area (Å²) in [5.41, 5.74) is 2.18. The van der Waals surface area contributed by atoms with Gasteiger partial charge in [0.2, 0.25) is 5.75 Å². The van der Waals surface area contributed by atoms with Crippen LogP contribution in [0.25, 0.3) is 22.3 Å². The first kappa shape index (κ1) is 22.1. The molecule has 0 spiro atoms. The number of ether oxygens (including phenoxy) is 5. The minimum absolute atomic E-state index is 0.514. The minimum Gasteiger partial charge on any atom is -0.493 e. The number of para-hydroxylation sites is 1. The molecule has 4 aromatic rings. The van der Waals surface area contributed by atoms with Crippen LogP contribution in [-0.4, -0.2) is 35.5 Å². The van der Waals surface area contributed by atoms with Crippen molar-refractivity contribution < 1.29 is 28.1 Å². The van der Waals surface area contributed by atoms with Crippen LogP contribution in [0, 0.1) is 0 Å². The third kappa shape index (κ3) is 4.30. The lowest BCUT2D eigenvalue weighted by molar-refractivity contribution is 0.324. The number of fused-ring (bicyclic) bond motifs is 1. The SMILES string of the molecule is COc1ccc(N=c2cc(-c3cc(OC)c(OC)c(OC)c3)oc3ccccc23)cc1OC. The van der Waals surface area contributed by atoms with Crippen LogP contribution >= 0.6 is 0 Å². The van der Waals surface area contributed by atoms with Crippen LogP contribution in [0.4, 0.5) is 5.69 Å². The van der Waals surface area contributed by atoms with E-state index in [1.54, 1.807) is 35.5 Å². The summed E-state index contributed by atoms with van der Waals surface area (Å²) >= 11 is 0. The van der Waals surface area contributed by atoms with Crippen LogP contribution in [-0.2, 0) is 0 Å². The first-order valence-corrected chi connectivity index (χ1v) is 10.2. The van der Waals surface area contributed by atoms with Gasteiger partial charge in [-0.25, -0.2) is 4.99 Å². The van der Waals surface area contributed by atoms with Crippen molar-refractivity contribution in [3.8, 4) is 40.1 Å². The van der Waals surface area contributed by atoms with E-state index < -0.39 is 0 Å². The van der Waals surface area contributed by atoms with Crippen LogP contribution in [0.5, 0.6) is 28.7 Å². The van der Waals surface area contributed by atoms with Crippen LogP contribution in [0.15, 0.2) is 70.1 Å². The fraction of sp³-hybridized carbons (Fsp3) is 0.192. The molecule has 0 aliphatic carbocycles. The minimum atomic E-state index is 0.514. The molecule has 4 rings (SSSR count). The molecule has 0 aliphatic rings. The van der Waals surface area contributed by atoms with Gasteiger partial charge in [0.05, 0.1) is 46.6 Å². The number of rotatable bonds is 7. The highest BCUT2D eigenvalue weighted by molar-refractivity contribution is 5.79. The zero-order chi connectivity index (χ0) is 23.4. The molecule has 170 valence electrons. The molecule has 0 saturated carbocycles. The highest BCUT2D eigenvalue weighted by atomic mass is 16.5. The van der Waals surface area contributed by atoms with E-state index in [4.69, 9.17) is 33.1 Å². The number of nitrogens with zero attached hydrogens (tertiary/aromatic N) is 1. The van der Waals surface area contributed by atoms with Crippen molar-refractivity contribution in [3.63, 3.8) is 0 Å². The summed E-state index contributed by atoms with van der Waals surface area (Å²) in [6.45, 7) is 0. The van der Waals surface area contributed by atoms with Gasteiger partial charge in [-0.2, -0.15) is 0 Å². The normalized spacial score (nSPS) is 11.4. The summed E-state index contributed by atoms with van der Waals surface area (Å²) < 4.78 is 33.4. The lowest BCUT2D eigenvalue weighted by Gasteiger charge is -2.14. The van der Waals surface area contributed by atoms with Gasteiger partial charge >= 0.3 is 0 Å². The zero-order valence-corrected chi connectivity index (χ0v) is 19.2. The highest BCUT2D eigenvalue weighted by Crippen LogP contribution is 2.41. The largest absolute Gasteiger partial charge is 0.493 e. The summed E-state index contributed by atoms with van der Waals surface area (Å²) in [5.74, 6) is 3.44. The van der Waals surface area contributed by atoms with Crippen molar-refractivity contribution in [3.05, 3.63) is 66.0 Å². The van der Waals surface area contributed by atoms with E-state index in [1.165, 1.54) is 0 Å². The Morgan fingerprint density at radius 2 is 1.30 bits per heavy atom. The van der Waals surface area contributed by atoms with Crippen molar-refractivity contribution in [2.24, 2.45) is 4.99 Å². The van der Waals surface area contributed by atoms with E-state index in [9.17, 15) is 0 Å². The Balaban J connectivity index is 1.95. The van der Waals surface area contributed by atoms with Gasteiger partial charge in [0.1, 0.15) is 11.3 Å². The molecule has 33 heavy (non-hydrogen) atoms. The molecule has 0 saturated heterocycles. The molecule has 0 atom stereocenters. The summed E-state index contributed by atoms with van der Waals surface area (Å²) in [6, 6.07) is 18.9. The second-order valence-corrected chi connectivity index (χ2v) is 7.06. The molecule has 3 aromatic carbocycles. The second-order valence-electron chi connectivity index (χ2n) is 7.06. The Morgan fingerprint density at radius 1 is 0.636 bits per heavy atom. The van der Waals surface area contributed by atoms with Crippen molar-refractivity contribution in [1.29, 1.82) is 0 Å². The predicted molar refractivity (Wildman–Crippen MR) is 126 cm³/mol. The van der Waals surface area contributed by atoms with E-state index in [0.29, 0.717) is 40.1 Å². The smallest absolute Gasteiger partial charge is 0.203 e. The Morgan fingerprint density at radius 3 is 1.94 bits per heavy atom. The molecule has 1 heterocycles. The van der Waals surface area contributed by atoms with Gasteiger partial charge in [-0.05, 0) is 36.4 Å². The predicted octanol–water partition coefficient (Wildman–Crippen LogP) is 5.38.